The molecule has 3 heteroatoms. The third-order valence-corrected chi connectivity index (χ3v) is 3.08. The van der Waals surface area contributed by atoms with Gasteiger partial charge in [-0.05, 0) is 24.5 Å². The van der Waals surface area contributed by atoms with E-state index in [4.69, 9.17) is 5.73 Å². The van der Waals surface area contributed by atoms with Crippen LogP contribution in [-0.4, -0.2) is 24.3 Å². The fourth-order valence-electron chi connectivity index (χ4n) is 2.37. The molecule has 0 saturated carbocycles. The van der Waals surface area contributed by atoms with E-state index in [1.165, 1.54) is 0 Å². The average molecular weight is 206 g/mol. The molecule has 2 atom stereocenters. The number of aliphatic hydroxyl groups excluding tert-OH is 1. The maximum Gasteiger partial charge on any atom is 0.0635 e. The van der Waals surface area contributed by atoms with Gasteiger partial charge in [-0.25, -0.2) is 0 Å². The van der Waals surface area contributed by atoms with Gasteiger partial charge in [-0.2, -0.15) is 0 Å². The van der Waals surface area contributed by atoms with E-state index in [0.29, 0.717) is 5.92 Å². The van der Waals surface area contributed by atoms with Gasteiger partial charge in [0.25, 0.3) is 0 Å². The Labute approximate surface area is 90.5 Å². The number of nitrogen functional groups attached to an aromatic ring is 1. The molecule has 0 unspecified atom stereocenters. The van der Waals surface area contributed by atoms with Crippen molar-refractivity contribution in [2.45, 2.75) is 19.4 Å². The monoisotopic (exact) mass is 206 g/mol. The van der Waals surface area contributed by atoms with Crippen LogP contribution in [0.1, 0.15) is 13.3 Å². The van der Waals surface area contributed by atoms with Gasteiger partial charge in [0, 0.05) is 6.54 Å². The predicted molar refractivity (Wildman–Crippen MR) is 62.9 cm³/mol. The number of nitrogens with zero attached hydrogens (tertiary/aromatic N) is 1. The molecule has 15 heavy (non-hydrogen) atoms. The number of hydrogen-bond donors (Lipinski definition) is 2. The van der Waals surface area contributed by atoms with Crippen molar-refractivity contribution in [1.82, 2.24) is 0 Å². The second-order valence-electron chi connectivity index (χ2n) is 4.39. The lowest BCUT2D eigenvalue weighted by Crippen LogP contribution is -2.32. The lowest BCUT2D eigenvalue weighted by Gasteiger charge is -2.26. The molecule has 0 bridgehead atoms. The second kappa shape index (κ2) is 4.11. The molecule has 0 aliphatic carbocycles. The van der Waals surface area contributed by atoms with Crippen molar-refractivity contribution >= 4 is 11.4 Å². The standard InChI is InChI=1S/C12H18N2O/c1-9-6-10(8-15)14(7-9)12-5-3-2-4-11(12)13/h2-5,9-10,15H,6-8,13H2,1H3/t9-,10-/m0/s1. The normalized spacial score (nSPS) is 25.9. The smallest absolute Gasteiger partial charge is 0.0635 e. The predicted octanol–water partition coefficient (Wildman–Crippen LogP) is 1.48. The number of hydrogen-bond acceptors (Lipinski definition) is 3. The zero-order valence-corrected chi connectivity index (χ0v) is 9.06. The molecule has 1 heterocycles. The molecule has 1 aromatic carbocycles. The molecule has 0 aromatic heterocycles. The van der Waals surface area contributed by atoms with Crippen LogP contribution in [0.5, 0.6) is 0 Å². The molecule has 1 aliphatic rings. The van der Waals surface area contributed by atoms with Gasteiger partial charge < -0.3 is 15.7 Å². The van der Waals surface area contributed by atoms with Crippen LogP contribution >= 0.6 is 0 Å². The van der Waals surface area contributed by atoms with Gasteiger partial charge in [0.05, 0.1) is 24.0 Å². The third kappa shape index (κ3) is 1.92. The molecule has 82 valence electrons. The van der Waals surface area contributed by atoms with Crippen molar-refractivity contribution < 1.29 is 5.11 Å². The van der Waals surface area contributed by atoms with Crippen molar-refractivity contribution in [3.63, 3.8) is 0 Å². The topological polar surface area (TPSA) is 49.5 Å². The minimum absolute atomic E-state index is 0.207. The fourth-order valence-corrected chi connectivity index (χ4v) is 2.37. The number of anilines is 2. The molecular weight excluding hydrogens is 188 g/mol. The minimum atomic E-state index is 0.207. The summed E-state index contributed by atoms with van der Waals surface area (Å²) in [6.45, 7) is 3.40. The fraction of sp³-hybridized carbons (Fsp3) is 0.500. The SMILES string of the molecule is C[C@H]1C[C@@H](CO)N(c2ccccc2N)C1. The first-order valence-electron chi connectivity index (χ1n) is 5.44. The van der Waals surface area contributed by atoms with Crippen LogP contribution in [0.25, 0.3) is 0 Å². The van der Waals surface area contributed by atoms with E-state index in [9.17, 15) is 5.11 Å². The van der Waals surface area contributed by atoms with Crippen molar-refractivity contribution in [3.05, 3.63) is 24.3 Å². The van der Waals surface area contributed by atoms with Gasteiger partial charge in [-0.15, -0.1) is 0 Å². The second-order valence-corrected chi connectivity index (χ2v) is 4.39. The quantitative estimate of drug-likeness (QED) is 0.720. The van der Waals surface area contributed by atoms with E-state index in [1.54, 1.807) is 0 Å². The summed E-state index contributed by atoms with van der Waals surface area (Å²) in [5, 5.41) is 9.32. The highest BCUT2D eigenvalue weighted by Crippen LogP contribution is 2.32. The maximum atomic E-state index is 9.32. The molecule has 0 radical (unpaired) electrons. The third-order valence-electron chi connectivity index (χ3n) is 3.08. The number of aliphatic hydroxyl groups is 1. The summed E-state index contributed by atoms with van der Waals surface area (Å²) in [5.41, 5.74) is 7.79. The van der Waals surface area contributed by atoms with Crippen LogP contribution < -0.4 is 10.6 Å². The van der Waals surface area contributed by atoms with Crippen LogP contribution in [0, 0.1) is 5.92 Å². The van der Waals surface area contributed by atoms with Gasteiger partial charge in [0.1, 0.15) is 0 Å². The Morgan fingerprint density at radius 2 is 2.20 bits per heavy atom. The summed E-state index contributed by atoms with van der Waals surface area (Å²) in [4.78, 5) is 2.22. The number of para-hydroxylation sites is 2. The molecule has 1 saturated heterocycles. The van der Waals surface area contributed by atoms with Crippen molar-refractivity contribution in [1.29, 1.82) is 0 Å². The highest BCUT2D eigenvalue weighted by molar-refractivity contribution is 5.68. The van der Waals surface area contributed by atoms with Gasteiger partial charge in [-0.1, -0.05) is 19.1 Å². The van der Waals surface area contributed by atoms with Crippen molar-refractivity contribution in [2.75, 3.05) is 23.8 Å². The van der Waals surface area contributed by atoms with E-state index < -0.39 is 0 Å². The molecule has 3 nitrogen and oxygen atoms in total. The largest absolute Gasteiger partial charge is 0.397 e. The van der Waals surface area contributed by atoms with Gasteiger partial charge in [-0.3, -0.25) is 0 Å². The molecule has 0 amide bonds. The number of benzene rings is 1. The Kier molecular flexibility index (Phi) is 2.82. The van der Waals surface area contributed by atoms with Crippen LogP contribution in [0.3, 0.4) is 0 Å². The van der Waals surface area contributed by atoms with Crippen molar-refractivity contribution in [3.8, 4) is 0 Å². The molecule has 3 N–H and O–H groups in total. The highest BCUT2D eigenvalue weighted by atomic mass is 16.3. The highest BCUT2D eigenvalue weighted by Gasteiger charge is 2.29. The Bertz CT molecular complexity index is 340. The number of rotatable bonds is 2. The van der Waals surface area contributed by atoms with Crippen LogP contribution in [-0.2, 0) is 0 Å². The first kappa shape index (κ1) is 10.3. The maximum absolute atomic E-state index is 9.32. The van der Waals surface area contributed by atoms with Crippen LogP contribution in [0.15, 0.2) is 24.3 Å². The molecule has 0 spiro atoms. The Balaban J connectivity index is 2.26. The first-order chi connectivity index (χ1) is 7.22. The summed E-state index contributed by atoms with van der Waals surface area (Å²) in [7, 11) is 0. The zero-order chi connectivity index (χ0) is 10.8. The Morgan fingerprint density at radius 3 is 2.87 bits per heavy atom. The zero-order valence-electron chi connectivity index (χ0n) is 9.06. The van der Waals surface area contributed by atoms with Gasteiger partial charge >= 0.3 is 0 Å². The summed E-state index contributed by atoms with van der Waals surface area (Å²) < 4.78 is 0. The summed E-state index contributed by atoms with van der Waals surface area (Å²) in [5.74, 6) is 0.627. The van der Waals surface area contributed by atoms with E-state index in [1.807, 2.05) is 24.3 Å². The Hall–Kier alpha value is -1.22. The van der Waals surface area contributed by atoms with E-state index in [-0.39, 0.29) is 12.6 Å². The van der Waals surface area contributed by atoms with Crippen molar-refractivity contribution in [2.24, 2.45) is 5.92 Å². The first-order valence-corrected chi connectivity index (χ1v) is 5.44. The molecule has 1 fully saturated rings. The molecule has 1 aromatic rings. The summed E-state index contributed by atoms with van der Waals surface area (Å²) >= 11 is 0. The van der Waals surface area contributed by atoms with Gasteiger partial charge in [0.15, 0.2) is 0 Å². The lowest BCUT2D eigenvalue weighted by atomic mass is 10.1. The molecular formula is C12H18N2O. The van der Waals surface area contributed by atoms with Crippen LogP contribution in [0.2, 0.25) is 0 Å². The van der Waals surface area contributed by atoms with E-state index in [2.05, 4.69) is 11.8 Å². The summed E-state index contributed by atoms with van der Waals surface area (Å²) in [6.07, 6.45) is 1.05. The van der Waals surface area contributed by atoms with Gasteiger partial charge in [0.2, 0.25) is 0 Å². The summed E-state index contributed by atoms with van der Waals surface area (Å²) in [6, 6.07) is 8.09. The Morgan fingerprint density at radius 1 is 1.47 bits per heavy atom. The van der Waals surface area contributed by atoms with E-state index >= 15 is 0 Å². The van der Waals surface area contributed by atoms with Crippen LogP contribution in [0.4, 0.5) is 11.4 Å². The minimum Gasteiger partial charge on any atom is -0.397 e. The van der Waals surface area contributed by atoms with E-state index in [0.717, 1.165) is 24.3 Å². The number of nitrogens with two attached hydrogens (primary N) is 1. The molecule has 1 aliphatic heterocycles. The lowest BCUT2D eigenvalue weighted by molar-refractivity contribution is 0.264. The average Bonchev–Trinajstić information content (AvgIpc) is 2.60. The molecule has 2 rings (SSSR count).